The lowest BCUT2D eigenvalue weighted by Crippen LogP contribution is -2.40. The number of nitrogens with zero attached hydrogens (tertiary/aromatic N) is 3. The van der Waals surface area contributed by atoms with Crippen LogP contribution >= 0.6 is 0 Å². The Balaban J connectivity index is 1.54. The summed E-state index contributed by atoms with van der Waals surface area (Å²) >= 11 is 0. The molecule has 22 heavy (non-hydrogen) atoms. The van der Waals surface area contributed by atoms with Crippen LogP contribution in [0.3, 0.4) is 0 Å². The fourth-order valence-corrected chi connectivity index (χ4v) is 2.87. The first-order valence-electron chi connectivity index (χ1n) is 7.85. The van der Waals surface area contributed by atoms with Gasteiger partial charge in [-0.2, -0.15) is 4.98 Å². The number of urea groups is 1. The molecule has 1 saturated heterocycles. The number of carbonyl (C=O) groups is 2. The number of hydrogen-bond acceptors (Lipinski definition) is 5. The third-order valence-electron chi connectivity index (χ3n) is 4.69. The SMILES string of the molecule is CCC1(c2noc(CCCN3C(=O)NC(C)(C)C3=O)n2)CC1. The number of carbonyl (C=O) groups excluding carboxylic acids is 2. The van der Waals surface area contributed by atoms with Crippen LogP contribution in [0.5, 0.6) is 0 Å². The average molecular weight is 306 g/mol. The minimum Gasteiger partial charge on any atom is -0.339 e. The van der Waals surface area contributed by atoms with Crippen molar-refractivity contribution in [1.29, 1.82) is 0 Å². The van der Waals surface area contributed by atoms with Crippen molar-refractivity contribution in [3.63, 3.8) is 0 Å². The lowest BCUT2D eigenvalue weighted by Gasteiger charge is -2.15. The second-order valence-corrected chi connectivity index (χ2v) is 6.76. The van der Waals surface area contributed by atoms with E-state index in [1.54, 1.807) is 13.8 Å². The van der Waals surface area contributed by atoms with E-state index in [2.05, 4.69) is 22.4 Å². The van der Waals surface area contributed by atoms with E-state index >= 15 is 0 Å². The summed E-state index contributed by atoms with van der Waals surface area (Å²) in [5.74, 6) is 1.20. The van der Waals surface area contributed by atoms with Crippen LogP contribution in [-0.4, -0.2) is 39.1 Å². The molecule has 3 rings (SSSR count). The van der Waals surface area contributed by atoms with Gasteiger partial charge in [-0.15, -0.1) is 0 Å². The minimum absolute atomic E-state index is 0.135. The number of imide groups is 1. The van der Waals surface area contributed by atoms with Crippen molar-refractivity contribution in [2.45, 2.75) is 63.8 Å². The molecule has 2 heterocycles. The molecule has 1 aromatic rings. The number of rotatable bonds is 6. The minimum atomic E-state index is -0.811. The lowest BCUT2D eigenvalue weighted by atomic mass is 10.0. The zero-order chi connectivity index (χ0) is 16.0. The molecule has 1 aliphatic heterocycles. The van der Waals surface area contributed by atoms with Gasteiger partial charge in [-0.25, -0.2) is 4.79 Å². The Kier molecular flexibility index (Phi) is 3.45. The smallest absolute Gasteiger partial charge is 0.325 e. The van der Waals surface area contributed by atoms with Gasteiger partial charge in [-0.1, -0.05) is 12.1 Å². The highest BCUT2D eigenvalue weighted by atomic mass is 16.5. The van der Waals surface area contributed by atoms with Gasteiger partial charge in [0, 0.05) is 18.4 Å². The molecule has 0 aromatic carbocycles. The molecule has 3 amide bonds. The highest BCUT2D eigenvalue weighted by Gasteiger charge is 2.46. The van der Waals surface area contributed by atoms with Crippen molar-refractivity contribution >= 4 is 11.9 Å². The molecule has 7 heteroatoms. The highest BCUT2D eigenvalue weighted by molar-refractivity contribution is 6.06. The van der Waals surface area contributed by atoms with Gasteiger partial charge in [-0.05, 0) is 39.5 Å². The largest absolute Gasteiger partial charge is 0.339 e. The summed E-state index contributed by atoms with van der Waals surface area (Å²) in [4.78, 5) is 29.5. The van der Waals surface area contributed by atoms with E-state index in [0.29, 0.717) is 25.3 Å². The van der Waals surface area contributed by atoms with E-state index in [9.17, 15) is 9.59 Å². The van der Waals surface area contributed by atoms with E-state index in [0.717, 1.165) is 25.1 Å². The van der Waals surface area contributed by atoms with Crippen molar-refractivity contribution in [2.75, 3.05) is 6.54 Å². The third kappa shape index (κ3) is 2.48. The summed E-state index contributed by atoms with van der Waals surface area (Å²) in [5.41, 5.74) is -0.676. The molecule has 7 nitrogen and oxygen atoms in total. The van der Waals surface area contributed by atoms with Crippen molar-refractivity contribution in [1.82, 2.24) is 20.4 Å². The second-order valence-electron chi connectivity index (χ2n) is 6.76. The van der Waals surface area contributed by atoms with Crippen molar-refractivity contribution < 1.29 is 14.1 Å². The quantitative estimate of drug-likeness (QED) is 0.809. The molecule has 0 atom stereocenters. The van der Waals surface area contributed by atoms with E-state index < -0.39 is 5.54 Å². The van der Waals surface area contributed by atoms with Crippen molar-refractivity contribution in [3.05, 3.63) is 11.7 Å². The van der Waals surface area contributed by atoms with Crippen LogP contribution < -0.4 is 5.32 Å². The molecule has 1 N–H and O–H groups in total. The molecular formula is C15H22N4O3. The number of hydrogen-bond donors (Lipinski definition) is 1. The predicted molar refractivity (Wildman–Crippen MR) is 78.1 cm³/mol. The molecule has 1 saturated carbocycles. The molecule has 0 spiro atoms. The van der Waals surface area contributed by atoms with Crippen LogP contribution in [0.2, 0.25) is 0 Å². The van der Waals surface area contributed by atoms with Crippen LogP contribution in [-0.2, 0) is 16.6 Å². The molecule has 1 aromatic heterocycles. The summed E-state index contributed by atoms with van der Waals surface area (Å²) < 4.78 is 5.29. The zero-order valence-corrected chi connectivity index (χ0v) is 13.3. The molecule has 0 radical (unpaired) electrons. The summed E-state index contributed by atoms with van der Waals surface area (Å²) in [6.07, 6.45) is 4.48. The Hall–Kier alpha value is -1.92. The molecule has 2 fully saturated rings. The summed E-state index contributed by atoms with van der Waals surface area (Å²) in [6, 6.07) is -0.330. The molecule has 1 aliphatic carbocycles. The number of aromatic nitrogens is 2. The topological polar surface area (TPSA) is 88.3 Å². The average Bonchev–Trinajstić information content (AvgIpc) is 3.08. The number of nitrogens with one attached hydrogen (secondary N) is 1. The highest BCUT2D eigenvalue weighted by Crippen LogP contribution is 2.49. The number of amides is 3. The predicted octanol–water partition coefficient (Wildman–Crippen LogP) is 1.77. The second kappa shape index (κ2) is 5.07. The monoisotopic (exact) mass is 306 g/mol. The van der Waals surface area contributed by atoms with Gasteiger partial charge in [-0.3, -0.25) is 9.69 Å². The first-order chi connectivity index (χ1) is 10.4. The fourth-order valence-electron chi connectivity index (χ4n) is 2.87. The van der Waals surface area contributed by atoms with Gasteiger partial charge in [0.15, 0.2) is 5.82 Å². The number of aryl methyl sites for hydroxylation is 1. The first kappa shape index (κ1) is 15.0. The van der Waals surface area contributed by atoms with Gasteiger partial charge < -0.3 is 9.84 Å². The van der Waals surface area contributed by atoms with Gasteiger partial charge in [0.2, 0.25) is 5.89 Å². The normalized spacial score (nSPS) is 22.0. The Morgan fingerprint density at radius 1 is 1.32 bits per heavy atom. The molecule has 0 unspecified atom stereocenters. The van der Waals surface area contributed by atoms with Crippen molar-refractivity contribution in [3.8, 4) is 0 Å². The zero-order valence-electron chi connectivity index (χ0n) is 13.3. The van der Waals surface area contributed by atoms with Crippen LogP contribution in [0.15, 0.2) is 4.52 Å². The van der Waals surface area contributed by atoms with E-state index in [1.807, 2.05) is 0 Å². The Morgan fingerprint density at radius 3 is 2.59 bits per heavy atom. The molecule has 0 bridgehead atoms. The van der Waals surface area contributed by atoms with Gasteiger partial charge in [0.05, 0.1) is 0 Å². The molecule has 2 aliphatic rings. The maximum absolute atomic E-state index is 12.1. The van der Waals surface area contributed by atoms with E-state index in [-0.39, 0.29) is 17.4 Å². The van der Waals surface area contributed by atoms with Crippen LogP contribution in [0.25, 0.3) is 0 Å². The van der Waals surface area contributed by atoms with Gasteiger partial charge >= 0.3 is 6.03 Å². The standard InChI is InChI=1S/C15H22N4O3/c1-4-15(7-8-15)11-16-10(22-18-11)6-5-9-19-12(20)14(2,3)17-13(19)21/h4-9H2,1-3H3,(H,17,21). The Bertz CT molecular complexity index is 604. The Morgan fingerprint density at radius 2 is 2.05 bits per heavy atom. The third-order valence-corrected chi connectivity index (χ3v) is 4.69. The lowest BCUT2D eigenvalue weighted by molar-refractivity contribution is -0.130. The maximum Gasteiger partial charge on any atom is 0.325 e. The molecule has 120 valence electrons. The van der Waals surface area contributed by atoms with Gasteiger partial charge in [0.25, 0.3) is 5.91 Å². The Labute approximate surface area is 129 Å². The van der Waals surface area contributed by atoms with E-state index in [4.69, 9.17) is 4.52 Å². The van der Waals surface area contributed by atoms with E-state index in [1.165, 1.54) is 4.90 Å². The molecular weight excluding hydrogens is 284 g/mol. The van der Waals surface area contributed by atoms with Gasteiger partial charge in [0.1, 0.15) is 5.54 Å². The van der Waals surface area contributed by atoms with Crippen LogP contribution in [0, 0.1) is 0 Å². The fraction of sp³-hybridized carbons (Fsp3) is 0.733. The summed E-state index contributed by atoms with van der Waals surface area (Å²) in [6.45, 7) is 5.92. The summed E-state index contributed by atoms with van der Waals surface area (Å²) in [7, 11) is 0. The summed E-state index contributed by atoms with van der Waals surface area (Å²) in [5, 5.41) is 6.75. The van der Waals surface area contributed by atoms with Crippen LogP contribution in [0.1, 0.15) is 58.2 Å². The maximum atomic E-state index is 12.1. The van der Waals surface area contributed by atoms with Crippen LogP contribution in [0.4, 0.5) is 4.79 Å². The first-order valence-corrected chi connectivity index (χ1v) is 7.85. The van der Waals surface area contributed by atoms with Crippen molar-refractivity contribution in [2.24, 2.45) is 0 Å².